The Balaban J connectivity index is 1.33. The van der Waals surface area contributed by atoms with Gasteiger partial charge in [-0.3, -0.25) is 0 Å². The Morgan fingerprint density at radius 2 is 1.02 bits per heavy atom. The zero-order valence-corrected chi connectivity index (χ0v) is 33.3. The van der Waals surface area contributed by atoms with E-state index in [4.69, 9.17) is 4.42 Å². The van der Waals surface area contributed by atoms with E-state index in [1.165, 1.54) is 78.2 Å². The first-order valence-corrected chi connectivity index (χ1v) is 19.8. The molecule has 0 amide bonds. The molecule has 3 aliphatic rings. The number of hydrogen-bond donors (Lipinski definition) is 0. The largest absolute Gasteiger partial charge is 0.454 e. The summed E-state index contributed by atoms with van der Waals surface area (Å²) in [5, 5.41) is 3.57. The van der Waals surface area contributed by atoms with Crippen LogP contribution in [0.2, 0.25) is 0 Å². The second-order valence-corrected chi connectivity index (χ2v) is 19.1. The molecule has 0 bridgehead atoms. The maximum absolute atomic E-state index is 6.85. The summed E-state index contributed by atoms with van der Waals surface area (Å²) in [7, 11) is 0. The summed E-state index contributed by atoms with van der Waals surface area (Å²) in [4.78, 5) is 5.15. The lowest BCUT2D eigenvalue weighted by molar-refractivity contribution is 0.589. The number of nitrogens with zero attached hydrogens (tertiary/aromatic N) is 3. The van der Waals surface area contributed by atoms with E-state index in [2.05, 4.69) is 192 Å². The maximum atomic E-state index is 6.85. The molecule has 3 aliphatic heterocycles. The van der Waals surface area contributed by atoms with Crippen molar-refractivity contribution < 1.29 is 4.42 Å². The van der Waals surface area contributed by atoms with Gasteiger partial charge in [-0.2, -0.15) is 0 Å². The standard InChI is InChI=1S/C50H46BN3O/c1-48(2,3)29-21-23-32(24-22-29)52-38-25-30(49(4,5)6)26-39-43(38)51-44-40(53(39)37-19-14-17-34-33-15-11-13-20-42(33)55-46(34)37)27-31(50(7,8)9)28-41(44)54-36-18-12-10-16-35(36)45(52)47(51)54/h10-28H,1-9H3. The van der Waals surface area contributed by atoms with E-state index in [0.29, 0.717) is 0 Å². The topological polar surface area (TPSA) is 24.6 Å². The molecular weight excluding hydrogens is 669 g/mol. The van der Waals surface area contributed by atoms with E-state index in [1.54, 1.807) is 0 Å². The molecule has 0 aliphatic carbocycles. The van der Waals surface area contributed by atoms with E-state index in [-0.39, 0.29) is 23.0 Å². The molecule has 0 N–H and O–H groups in total. The molecule has 8 aromatic rings. The molecule has 11 rings (SSSR count). The molecule has 5 heteroatoms. The minimum atomic E-state index is -0.104. The van der Waals surface area contributed by atoms with Crippen LogP contribution in [0.25, 0.3) is 38.5 Å². The first-order chi connectivity index (χ1) is 26.2. The van der Waals surface area contributed by atoms with Crippen LogP contribution in [0.1, 0.15) is 79.0 Å². The van der Waals surface area contributed by atoms with Crippen LogP contribution in [-0.4, -0.2) is 11.3 Å². The van der Waals surface area contributed by atoms with Crippen molar-refractivity contribution in [2.45, 2.75) is 78.6 Å². The lowest BCUT2D eigenvalue weighted by Crippen LogP contribution is -2.59. The van der Waals surface area contributed by atoms with E-state index in [9.17, 15) is 0 Å². The molecule has 5 heterocycles. The fraction of sp³-hybridized carbons (Fsp3) is 0.240. The van der Waals surface area contributed by atoms with Crippen molar-refractivity contribution in [3.8, 4) is 5.69 Å². The molecule has 270 valence electrons. The number of furan rings is 1. The second-order valence-electron chi connectivity index (χ2n) is 19.1. The normalized spacial score (nSPS) is 14.5. The predicted molar refractivity (Wildman–Crippen MR) is 234 cm³/mol. The molecule has 0 spiro atoms. The third kappa shape index (κ3) is 4.35. The van der Waals surface area contributed by atoms with Crippen LogP contribution in [0.3, 0.4) is 0 Å². The predicted octanol–water partition coefficient (Wildman–Crippen LogP) is 11.8. The Morgan fingerprint density at radius 1 is 0.473 bits per heavy atom. The van der Waals surface area contributed by atoms with Crippen molar-refractivity contribution >= 4 is 90.2 Å². The van der Waals surface area contributed by atoms with Crippen molar-refractivity contribution in [3.05, 3.63) is 132 Å². The zero-order chi connectivity index (χ0) is 37.9. The monoisotopic (exact) mass is 715 g/mol. The van der Waals surface area contributed by atoms with Gasteiger partial charge in [0.2, 0.25) is 0 Å². The van der Waals surface area contributed by atoms with Crippen LogP contribution in [0.4, 0.5) is 34.1 Å². The Bertz CT molecular complexity index is 2940. The van der Waals surface area contributed by atoms with E-state index >= 15 is 0 Å². The van der Waals surface area contributed by atoms with Crippen LogP contribution in [0, 0.1) is 0 Å². The Hall–Kier alpha value is -5.68. The van der Waals surface area contributed by atoms with Crippen LogP contribution in [0.5, 0.6) is 0 Å². The molecule has 0 saturated heterocycles. The van der Waals surface area contributed by atoms with Gasteiger partial charge in [0.15, 0.2) is 5.58 Å². The summed E-state index contributed by atoms with van der Waals surface area (Å²) in [5.41, 5.74) is 19.6. The number of anilines is 6. The maximum Gasteiger partial charge on any atom is 0.275 e. The molecule has 0 saturated carbocycles. The molecule has 2 aromatic heterocycles. The lowest BCUT2D eigenvalue weighted by Gasteiger charge is -2.43. The highest BCUT2D eigenvalue weighted by Gasteiger charge is 2.52. The van der Waals surface area contributed by atoms with Gasteiger partial charge in [0.1, 0.15) is 5.58 Å². The van der Waals surface area contributed by atoms with E-state index in [0.717, 1.165) is 27.6 Å². The third-order valence-corrected chi connectivity index (χ3v) is 12.5. The number of rotatable bonds is 2. The van der Waals surface area contributed by atoms with Gasteiger partial charge in [0.25, 0.3) is 6.71 Å². The van der Waals surface area contributed by atoms with E-state index in [1.807, 2.05) is 0 Å². The van der Waals surface area contributed by atoms with Gasteiger partial charge in [0, 0.05) is 50.2 Å². The van der Waals surface area contributed by atoms with Gasteiger partial charge < -0.3 is 18.8 Å². The van der Waals surface area contributed by atoms with E-state index < -0.39 is 0 Å². The molecule has 6 aromatic carbocycles. The highest BCUT2D eigenvalue weighted by atomic mass is 16.3. The van der Waals surface area contributed by atoms with Crippen molar-refractivity contribution in [1.29, 1.82) is 0 Å². The quantitative estimate of drug-likeness (QED) is 0.167. The smallest absolute Gasteiger partial charge is 0.275 e. The van der Waals surface area contributed by atoms with Crippen LogP contribution < -0.4 is 26.3 Å². The zero-order valence-electron chi connectivity index (χ0n) is 33.3. The SMILES string of the molecule is CC(C)(C)c1ccc(N2c3cc(C(C)(C)C)cc4c3B3c5c(cc(C(C)(C)C)cc5-n5c3c2c2ccccc25)N4c2cccc3c2oc2ccccc23)cc1. The van der Waals surface area contributed by atoms with Crippen LogP contribution in [0.15, 0.2) is 120 Å². The average Bonchev–Trinajstić information content (AvgIpc) is 3.81. The first kappa shape index (κ1) is 32.7. The number of fused-ring (bicyclic) bond motifs is 7. The summed E-state index contributed by atoms with van der Waals surface area (Å²) < 4.78 is 9.46. The Labute approximate surface area is 324 Å². The second kappa shape index (κ2) is 10.5. The molecule has 0 atom stereocenters. The summed E-state index contributed by atoms with van der Waals surface area (Å²) in [5.74, 6) is 0. The summed E-state index contributed by atoms with van der Waals surface area (Å²) in [6.07, 6.45) is 0. The number of aromatic nitrogens is 1. The van der Waals surface area contributed by atoms with Gasteiger partial charge in [-0.25, -0.2) is 0 Å². The minimum Gasteiger partial charge on any atom is -0.454 e. The molecule has 55 heavy (non-hydrogen) atoms. The average molecular weight is 716 g/mol. The summed E-state index contributed by atoms with van der Waals surface area (Å²) >= 11 is 0. The molecular formula is C50H46BN3O. The summed E-state index contributed by atoms with van der Waals surface area (Å²) in [6.45, 7) is 21.0. The van der Waals surface area contributed by atoms with Gasteiger partial charge in [-0.15, -0.1) is 0 Å². The molecule has 0 unspecified atom stereocenters. The van der Waals surface area contributed by atoms with Crippen molar-refractivity contribution in [2.75, 3.05) is 9.80 Å². The van der Waals surface area contributed by atoms with Crippen LogP contribution in [-0.2, 0) is 16.2 Å². The first-order valence-electron chi connectivity index (χ1n) is 19.8. The van der Waals surface area contributed by atoms with Crippen molar-refractivity contribution in [3.63, 3.8) is 0 Å². The number of benzene rings is 6. The fourth-order valence-corrected chi connectivity index (χ4v) is 9.66. The Morgan fingerprint density at radius 3 is 1.67 bits per heavy atom. The minimum absolute atomic E-state index is 0.0575. The van der Waals surface area contributed by atoms with Crippen molar-refractivity contribution in [1.82, 2.24) is 4.57 Å². The molecule has 4 nitrogen and oxygen atoms in total. The summed E-state index contributed by atoms with van der Waals surface area (Å²) in [6, 6.07) is 43.5. The van der Waals surface area contributed by atoms with Gasteiger partial charge in [-0.1, -0.05) is 123 Å². The van der Waals surface area contributed by atoms with Gasteiger partial charge >= 0.3 is 0 Å². The van der Waals surface area contributed by atoms with Crippen LogP contribution >= 0.6 is 0 Å². The lowest BCUT2D eigenvalue weighted by atomic mass is 9.36. The fourth-order valence-electron chi connectivity index (χ4n) is 9.66. The Kier molecular flexibility index (Phi) is 6.27. The molecule has 0 fully saturated rings. The highest BCUT2D eigenvalue weighted by Crippen LogP contribution is 2.52. The van der Waals surface area contributed by atoms with Crippen molar-refractivity contribution in [2.24, 2.45) is 0 Å². The highest BCUT2D eigenvalue weighted by molar-refractivity contribution is 7.02. The number of para-hydroxylation sites is 3. The molecule has 0 radical (unpaired) electrons. The van der Waals surface area contributed by atoms with Gasteiger partial charge in [-0.05, 0) is 98.5 Å². The number of hydrogen-bond acceptors (Lipinski definition) is 3. The third-order valence-electron chi connectivity index (χ3n) is 12.5. The van der Waals surface area contributed by atoms with Gasteiger partial charge in [0.05, 0.1) is 16.9 Å².